The van der Waals surface area contributed by atoms with Crippen molar-refractivity contribution in [3.63, 3.8) is 0 Å². The Hall–Kier alpha value is -1.10. The smallest absolute Gasteiger partial charge is 0.121 e. The molecule has 1 aromatic rings. The summed E-state index contributed by atoms with van der Waals surface area (Å²) in [5.41, 5.74) is 2.54. The first kappa shape index (κ1) is 12.4. The van der Waals surface area contributed by atoms with Crippen molar-refractivity contribution >= 4 is 0 Å². The van der Waals surface area contributed by atoms with E-state index in [0.717, 1.165) is 38.5 Å². The highest BCUT2D eigenvalue weighted by Gasteiger charge is 2.14. The van der Waals surface area contributed by atoms with Gasteiger partial charge in [-0.1, -0.05) is 12.1 Å². The predicted octanol–water partition coefficient (Wildman–Crippen LogP) is 0.995. The Labute approximate surface area is 103 Å². The van der Waals surface area contributed by atoms with E-state index in [-0.39, 0.29) is 0 Å². The molecule has 94 valence electrons. The van der Waals surface area contributed by atoms with Gasteiger partial charge in [-0.15, -0.1) is 0 Å². The monoisotopic (exact) mass is 235 g/mol. The van der Waals surface area contributed by atoms with Gasteiger partial charge < -0.3 is 4.74 Å². The first-order chi connectivity index (χ1) is 8.19. The van der Waals surface area contributed by atoms with Crippen molar-refractivity contribution in [1.82, 2.24) is 9.91 Å². The third kappa shape index (κ3) is 3.19. The first-order valence-electron chi connectivity index (χ1n) is 6.04. The van der Waals surface area contributed by atoms with Crippen molar-refractivity contribution < 1.29 is 4.74 Å². The SMILES string of the molecule is COc1ccc(CN2CCN(N)CC2)cc1C. The Morgan fingerprint density at radius 2 is 1.94 bits per heavy atom. The predicted molar refractivity (Wildman–Crippen MR) is 68.8 cm³/mol. The first-order valence-corrected chi connectivity index (χ1v) is 6.04. The van der Waals surface area contributed by atoms with Crippen LogP contribution >= 0.6 is 0 Å². The van der Waals surface area contributed by atoms with Crippen LogP contribution in [0.25, 0.3) is 0 Å². The molecule has 1 aliphatic rings. The summed E-state index contributed by atoms with van der Waals surface area (Å²) in [7, 11) is 1.71. The van der Waals surface area contributed by atoms with Gasteiger partial charge in [-0.25, -0.2) is 5.01 Å². The largest absolute Gasteiger partial charge is 0.496 e. The van der Waals surface area contributed by atoms with Crippen molar-refractivity contribution in [3.8, 4) is 5.75 Å². The normalized spacial score (nSPS) is 18.3. The molecule has 2 rings (SSSR count). The van der Waals surface area contributed by atoms with Gasteiger partial charge in [0.1, 0.15) is 5.75 Å². The summed E-state index contributed by atoms with van der Waals surface area (Å²) < 4.78 is 5.27. The molecular weight excluding hydrogens is 214 g/mol. The van der Waals surface area contributed by atoms with Gasteiger partial charge >= 0.3 is 0 Å². The van der Waals surface area contributed by atoms with Gasteiger partial charge in [0.2, 0.25) is 0 Å². The zero-order valence-electron chi connectivity index (χ0n) is 10.6. The minimum atomic E-state index is 0.954. The molecule has 0 bridgehead atoms. The van der Waals surface area contributed by atoms with Crippen LogP contribution in [0.15, 0.2) is 18.2 Å². The average molecular weight is 235 g/mol. The maximum absolute atomic E-state index is 5.74. The molecular formula is C13H21N3O. The molecule has 1 aliphatic heterocycles. The summed E-state index contributed by atoms with van der Waals surface area (Å²) in [5, 5.41) is 1.88. The molecule has 0 spiro atoms. The fraction of sp³-hybridized carbons (Fsp3) is 0.538. The summed E-state index contributed by atoms with van der Waals surface area (Å²) in [6.45, 7) is 7.08. The number of piperazine rings is 1. The van der Waals surface area contributed by atoms with Gasteiger partial charge in [-0.2, -0.15) is 0 Å². The van der Waals surface area contributed by atoms with E-state index in [0.29, 0.717) is 0 Å². The zero-order valence-corrected chi connectivity index (χ0v) is 10.6. The van der Waals surface area contributed by atoms with Crippen LogP contribution in [0.2, 0.25) is 0 Å². The number of hydrazine groups is 1. The summed E-state index contributed by atoms with van der Waals surface area (Å²) in [5.74, 6) is 6.70. The Kier molecular flexibility index (Phi) is 3.99. The number of hydrogen-bond acceptors (Lipinski definition) is 4. The van der Waals surface area contributed by atoms with Crippen molar-refractivity contribution in [3.05, 3.63) is 29.3 Å². The standard InChI is InChI=1S/C13H21N3O/c1-11-9-12(3-4-13(11)17-2)10-15-5-7-16(14)8-6-15/h3-4,9H,5-8,10,14H2,1-2H3. The fourth-order valence-corrected chi connectivity index (χ4v) is 2.22. The molecule has 2 N–H and O–H groups in total. The van der Waals surface area contributed by atoms with Gasteiger partial charge in [0, 0.05) is 32.7 Å². The number of aryl methyl sites for hydroxylation is 1. The molecule has 1 aromatic carbocycles. The third-order valence-corrected chi connectivity index (χ3v) is 3.27. The highest BCUT2D eigenvalue weighted by atomic mass is 16.5. The van der Waals surface area contributed by atoms with Crippen LogP contribution in [0.1, 0.15) is 11.1 Å². The molecule has 0 aliphatic carbocycles. The Bertz CT molecular complexity index is 373. The van der Waals surface area contributed by atoms with Crippen molar-refractivity contribution in [2.24, 2.45) is 5.84 Å². The number of hydrogen-bond donors (Lipinski definition) is 1. The molecule has 4 heteroatoms. The Morgan fingerprint density at radius 3 is 2.53 bits per heavy atom. The quantitative estimate of drug-likeness (QED) is 0.794. The molecule has 1 saturated heterocycles. The van der Waals surface area contributed by atoms with E-state index < -0.39 is 0 Å². The molecule has 0 radical (unpaired) electrons. The van der Waals surface area contributed by atoms with Crippen LogP contribution in [0, 0.1) is 6.92 Å². The molecule has 0 atom stereocenters. The molecule has 0 saturated carbocycles. The topological polar surface area (TPSA) is 41.7 Å². The zero-order chi connectivity index (χ0) is 12.3. The summed E-state index contributed by atoms with van der Waals surface area (Å²) in [6, 6.07) is 6.39. The number of rotatable bonds is 3. The second kappa shape index (κ2) is 5.49. The van der Waals surface area contributed by atoms with Gasteiger partial charge in [-0.05, 0) is 24.1 Å². The lowest BCUT2D eigenvalue weighted by Crippen LogP contribution is -2.48. The summed E-state index contributed by atoms with van der Waals surface area (Å²) in [6.07, 6.45) is 0. The highest BCUT2D eigenvalue weighted by molar-refractivity contribution is 5.36. The number of benzene rings is 1. The number of ether oxygens (including phenoxy) is 1. The number of nitrogens with two attached hydrogens (primary N) is 1. The van der Waals surface area contributed by atoms with E-state index >= 15 is 0 Å². The van der Waals surface area contributed by atoms with Crippen LogP contribution in [-0.4, -0.2) is 43.2 Å². The lowest BCUT2D eigenvalue weighted by Gasteiger charge is -2.32. The maximum Gasteiger partial charge on any atom is 0.121 e. The van der Waals surface area contributed by atoms with Gasteiger partial charge in [0.15, 0.2) is 0 Å². The maximum atomic E-state index is 5.74. The molecule has 17 heavy (non-hydrogen) atoms. The lowest BCUT2D eigenvalue weighted by atomic mass is 10.1. The van der Waals surface area contributed by atoms with E-state index in [1.807, 2.05) is 11.1 Å². The molecule has 1 fully saturated rings. The molecule has 0 unspecified atom stereocenters. The second-order valence-corrected chi connectivity index (χ2v) is 4.62. The van der Waals surface area contributed by atoms with Crippen molar-refractivity contribution in [1.29, 1.82) is 0 Å². The minimum absolute atomic E-state index is 0.954. The van der Waals surface area contributed by atoms with Crippen LogP contribution in [0.4, 0.5) is 0 Å². The van der Waals surface area contributed by atoms with Crippen LogP contribution < -0.4 is 10.6 Å². The average Bonchev–Trinajstić information content (AvgIpc) is 2.32. The van der Waals surface area contributed by atoms with Gasteiger partial charge in [-0.3, -0.25) is 10.7 Å². The Morgan fingerprint density at radius 1 is 1.24 bits per heavy atom. The molecule has 1 heterocycles. The van der Waals surface area contributed by atoms with E-state index in [1.165, 1.54) is 11.1 Å². The molecule has 0 amide bonds. The van der Waals surface area contributed by atoms with Crippen LogP contribution in [0.3, 0.4) is 0 Å². The van der Waals surface area contributed by atoms with Crippen LogP contribution in [-0.2, 0) is 6.54 Å². The van der Waals surface area contributed by atoms with Crippen molar-refractivity contribution in [2.75, 3.05) is 33.3 Å². The van der Waals surface area contributed by atoms with E-state index in [4.69, 9.17) is 10.6 Å². The second-order valence-electron chi connectivity index (χ2n) is 4.62. The fourth-order valence-electron chi connectivity index (χ4n) is 2.22. The summed E-state index contributed by atoms with van der Waals surface area (Å²) >= 11 is 0. The van der Waals surface area contributed by atoms with E-state index in [1.54, 1.807) is 7.11 Å². The van der Waals surface area contributed by atoms with Gasteiger partial charge in [0.05, 0.1) is 7.11 Å². The van der Waals surface area contributed by atoms with E-state index in [9.17, 15) is 0 Å². The molecule has 0 aromatic heterocycles. The Balaban J connectivity index is 1.97. The highest BCUT2D eigenvalue weighted by Crippen LogP contribution is 2.19. The van der Waals surface area contributed by atoms with Crippen LogP contribution in [0.5, 0.6) is 5.75 Å². The van der Waals surface area contributed by atoms with Crippen molar-refractivity contribution in [2.45, 2.75) is 13.5 Å². The van der Waals surface area contributed by atoms with E-state index in [2.05, 4.69) is 24.0 Å². The summed E-state index contributed by atoms with van der Waals surface area (Å²) in [4.78, 5) is 2.44. The van der Waals surface area contributed by atoms with Gasteiger partial charge in [0.25, 0.3) is 0 Å². The third-order valence-electron chi connectivity index (χ3n) is 3.27. The minimum Gasteiger partial charge on any atom is -0.496 e. The number of methoxy groups -OCH3 is 1. The lowest BCUT2D eigenvalue weighted by molar-refractivity contribution is 0.128. The molecule has 4 nitrogen and oxygen atoms in total. The number of nitrogens with zero attached hydrogens (tertiary/aromatic N) is 2.